The van der Waals surface area contributed by atoms with E-state index in [2.05, 4.69) is 57.8 Å². The summed E-state index contributed by atoms with van der Waals surface area (Å²) in [5, 5.41) is 0. The van der Waals surface area contributed by atoms with Crippen LogP contribution in [0.5, 0.6) is 0 Å². The smallest absolute Gasteiger partial charge is 0.0397 e. The van der Waals surface area contributed by atoms with Gasteiger partial charge in [-0.2, -0.15) is 0 Å². The Bertz CT molecular complexity index is 569. The summed E-state index contributed by atoms with van der Waals surface area (Å²) in [5.74, 6) is 0. The highest BCUT2D eigenvalue weighted by atomic mass is 15.3. The highest BCUT2D eigenvalue weighted by Gasteiger charge is 2.17. The van der Waals surface area contributed by atoms with E-state index in [1.807, 2.05) is 18.5 Å². The largest absolute Gasteiger partial charge is 0.369 e. The lowest BCUT2D eigenvalue weighted by Gasteiger charge is -2.36. The molecule has 0 N–H and O–H groups in total. The molecule has 1 fully saturated rings. The van der Waals surface area contributed by atoms with Crippen LogP contribution in [0.4, 0.5) is 5.69 Å². The van der Waals surface area contributed by atoms with Crippen molar-refractivity contribution in [1.29, 1.82) is 0 Å². The Balaban J connectivity index is 1.54. The van der Waals surface area contributed by atoms with Crippen molar-refractivity contribution in [3.8, 4) is 0 Å². The molecule has 108 valence electrons. The number of hydrogen-bond acceptors (Lipinski definition) is 3. The molecule has 3 nitrogen and oxygen atoms in total. The quantitative estimate of drug-likeness (QED) is 0.857. The zero-order valence-corrected chi connectivity index (χ0v) is 12.3. The summed E-state index contributed by atoms with van der Waals surface area (Å²) in [6.45, 7) is 9.18. The number of nitrogens with zero attached hydrogens (tertiary/aromatic N) is 3. The first-order valence-electron chi connectivity index (χ1n) is 7.44. The van der Waals surface area contributed by atoms with E-state index >= 15 is 0 Å². The van der Waals surface area contributed by atoms with E-state index in [-0.39, 0.29) is 0 Å². The maximum absolute atomic E-state index is 4.08. The Morgan fingerprint density at radius 1 is 0.952 bits per heavy atom. The second-order valence-corrected chi connectivity index (χ2v) is 5.41. The van der Waals surface area contributed by atoms with Crippen molar-refractivity contribution in [2.75, 3.05) is 31.1 Å². The van der Waals surface area contributed by atoms with Gasteiger partial charge in [-0.05, 0) is 23.3 Å². The van der Waals surface area contributed by atoms with Crippen molar-refractivity contribution in [3.05, 3.63) is 66.5 Å². The molecule has 0 bridgehead atoms. The van der Waals surface area contributed by atoms with E-state index in [1.165, 1.54) is 16.8 Å². The molecule has 0 radical (unpaired) electrons. The number of rotatable bonds is 4. The minimum absolute atomic E-state index is 1.03. The maximum atomic E-state index is 4.08. The van der Waals surface area contributed by atoms with E-state index in [9.17, 15) is 0 Å². The SMILES string of the molecule is C=Cc1ccc(CN2CCN(c3ccncc3)CC2)cc1. The van der Waals surface area contributed by atoms with Crippen molar-refractivity contribution in [2.45, 2.75) is 6.54 Å². The summed E-state index contributed by atoms with van der Waals surface area (Å²) in [7, 11) is 0. The van der Waals surface area contributed by atoms with Crippen LogP contribution in [-0.4, -0.2) is 36.1 Å². The van der Waals surface area contributed by atoms with E-state index in [0.717, 1.165) is 32.7 Å². The van der Waals surface area contributed by atoms with Gasteiger partial charge in [0.1, 0.15) is 0 Å². The Hall–Kier alpha value is -2.13. The first-order valence-corrected chi connectivity index (χ1v) is 7.44. The zero-order chi connectivity index (χ0) is 14.5. The fourth-order valence-electron chi connectivity index (χ4n) is 2.74. The first-order chi connectivity index (χ1) is 10.3. The summed E-state index contributed by atoms with van der Waals surface area (Å²) in [6.07, 6.45) is 5.61. The summed E-state index contributed by atoms with van der Waals surface area (Å²) >= 11 is 0. The fourth-order valence-corrected chi connectivity index (χ4v) is 2.74. The van der Waals surface area contributed by atoms with Gasteiger partial charge in [0.2, 0.25) is 0 Å². The van der Waals surface area contributed by atoms with Gasteiger partial charge in [0.25, 0.3) is 0 Å². The maximum Gasteiger partial charge on any atom is 0.0397 e. The van der Waals surface area contributed by atoms with Crippen LogP contribution in [0.25, 0.3) is 6.08 Å². The Morgan fingerprint density at radius 2 is 1.62 bits per heavy atom. The lowest BCUT2D eigenvalue weighted by Crippen LogP contribution is -2.45. The zero-order valence-electron chi connectivity index (χ0n) is 12.3. The van der Waals surface area contributed by atoms with Crippen LogP contribution in [0.3, 0.4) is 0 Å². The van der Waals surface area contributed by atoms with Crippen molar-refractivity contribution < 1.29 is 0 Å². The highest BCUT2D eigenvalue weighted by molar-refractivity contribution is 5.47. The molecule has 0 saturated carbocycles. The van der Waals surface area contributed by atoms with E-state index in [1.54, 1.807) is 0 Å². The molecule has 0 atom stereocenters. The number of benzene rings is 1. The molecule has 1 aromatic carbocycles. The topological polar surface area (TPSA) is 19.4 Å². The number of aromatic nitrogens is 1. The van der Waals surface area contributed by atoms with Crippen LogP contribution >= 0.6 is 0 Å². The number of anilines is 1. The molecule has 21 heavy (non-hydrogen) atoms. The second kappa shape index (κ2) is 6.55. The fraction of sp³-hybridized carbons (Fsp3) is 0.278. The van der Waals surface area contributed by atoms with Gasteiger partial charge in [-0.3, -0.25) is 9.88 Å². The number of pyridine rings is 1. The minimum atomic E-state index is 1.03. The van der Waals surface area contributed by atoms with Crippen LogP contribution in [0.1, 0.15) is 11.1 Å². The molecule has 0 aliphatic carbocycles. The van der Waals surface area contributed by atoms with Crippen molar-refractivity contribution >= 4 is 11.8 Å². The third-order valence-electron chi connectivity index (χ3n) is 4.02. The Kier molecular flexibility index (Phi) is 4.31. The molecule has 1 aliphatic heterocycles. The molecule has 2 heterocycles. The minimum Gasteiger partial charge on any atom is -0.369 e. The molecule has 1 aromatic heterocycles. The Morgan fingerprint density at radius 3 is 2.24 bits per heavy atom. The van der Waals surface area contributed by atoms with Gasteiger partial charge < -0.3 is 4.90 Å². The van der Waals surface area contributed by atoms with Gasteiger partial charge in [0, 0.05) is 50.8 Å². The normalized spacial score (nSPS) is 15.9. The average Bonchev–Trinajstić information content (AvgIpc) is 2.57. The van der Waals surface area contributed by atoms with Crippen LogP contribution in [0.15, 0.2) is 55.4 Å². The molecule has 0 spiro atoms. The molecule has 0 unspecified atom stereocenters. The molecule has 0 amide bonds. The predicted octanol–water partition coefficient (Wildman–Crippen LogP) is 3.05. The van der Waals surface area contributed by atoms with Crippen LogP contribution in [0.2, 0.25) is 0 Å². The van der Waals surface area contributed by atoms with Gasteiger partial charge in [-0.25, -0.2) is 0 Å². The molecule has 2 aromatic rings. The summed E-state index contributed by atoms with van der Waals surface area (Å²) < 4.78 is 0. The Labute approximate surface area is 126 Å². The van der Waals surface area contributed by atoms with Gasteiger partial charge in [-0.15, -0.1) is 0 Å². The summed E-state index contributed by atoms with van der Waals surface area (Å²) in [4.78, 5) is 9.03. The lowest BCUT2D eigenvalue weighted by molar-refractivity contribution is 0.250. The second-order valence-electron chi connectivity index (χ2n) is 5.41. The molecule has 3 heteroatoms. The van der Waals surface area contributed by atoms with Crippen molar-refractivity contribution in [1.82, 2.24) is 9.88 Å². The van der Waals surface area contributed by atoms with Gasteiger partial charge in [0.05, 0.1) is 0 Å². The number of piperazine rings is 1. The van der Waals surface area contributed by atoms with Crippen LogP contribution < -0.4 is 4.90 Å². The van der Waals surface area contributed by atoms with Crippen molar-refractivity contribution in [2.24, 2.45) is 0 Å². The molecular formula is C18H21N3. The first kappa shape index (κ1) is 13.8. The average molecular weight is 279 g/mol. The molecule has 3 rings (SSSR count). The standard InChI is InChI=1S/C18H21N3/c1-2-16-3-5-17(6-4-16)15-20-11-13-21(14-12-20)18-7-9-19-10-8-18/h2-10H,1,11-15H2. The van der Waals surface area contributed by atoms with Gasteiger partial charge >= 0.3 is 0 Å². The summed E-state index contributed by atoms with van der Waals surface area (Å²) in [6, 6.07) is 12.8. The van der Waals surface area contributed by atoms with Gasteiger partial charge in [-0.1, -0.05) is 36.9 Å². The number of hydrogen-bond donors (Lipinski definition) is 0. The third kappa shape index (κ3) is 3.50. The van der Waals surface area contributed by atoms with E-state index in [4.69, 9.17) is 0 Å². The molecule has 1 saturated heterocycles. The van der Waals surface area contributed by atoms with Crippen LogP contribution in [0, 0.1) is 0 Å². The third-order valence-corrected chi connectivity index (χ3v) is 4.02. The summed E-state index contributed by atoms with van der Waals surface area (Å²) in [5.41, 5.74) is 3.83. The van der Waals surface area contributed by atoms with Crippen molar-refractivity contribution in [3.63, 3.8) is 0 Å². The monoisotopic (exact) mass is 279 g/mol. The predicted molar refractivity (Wildman–Crippen MR) is 88.3 cm³/mol. The van der Waals surface area contributed by atoms with E-state index < -0.39 is 0 Å². The molecular weight excluding hydrogens is 258 g/mol. The lowest BCUT2D eigenvalue weighted by atomic mass is 10.1. The van der Waals surface area contributed by atoms with Gasteiger partial charge in [0.15, 0.2) is 0 Å². The van der Waals surface area contributed by atoms with E-state index in [0.29, 0.717) is 0 Å². The molecule has 1 aliphatic rings. The van der Waals surface area contributed by atoms with Crippen LogP contribution in [-0.2, 0) is 6.54 Å². The highest BCUT2D eigenvalue weighted by Crippen LogP contribution is 2.16.